The summed E-state index contributed by atoms with van der Waals surface area (Å²) < 4.78 is 0. The molecule has 2 saturated heterocycles. The zero-order valence-corrected chi connectivity index (χ0v) is 20.0. The van der Waals surface area contributed by atoms with Crippen LogP contribution in [0, 0.1) is 19.3 Å². The second kappa shape index (κ2) is 7.90. The number of aromatic nitrogens is 1. The van der Waals surface area contributed by atoms with Gasteiger partial charge in [0.05, 0.1) is 18.1 Å². The molecule has 1 N–H and O–H groups in total. The number of aryl methyl sites for hydroxylation is 2. The van der Waals surface area contributed by atoms with Gasteiger partial charge in [-0.2, -0.15) is 0 Å². The lowest BCUT2D eigenvalue weighted by Gasteiger charge is -2.53. The minimum atomic E-state index is -1.36. The highest BCUT2D eigenvalue weighted by Crippen LogP contribution is 2.47. The molecule has 35 heavy (non-hydrogen) atoms. The number of pyridine rings is 1. The molecule has 0 unspecified atom stereocenters. The molecule has 0 aliphatic carbocycles. The van der Waals surface area contributed by atoms with Crippen LogP contribution in [0.5, 0.6) is 0 Å². The van der Waals surface area contributed by atoms with Gasteiger partial charge >= 0.3 is 6.03 Å². The van der Waals surface area contributed by atoms with E-state index in [1.54, 1.807) is 0 Å². The van der Waals surface area contributed by atoms with Crippen LogP contribution in [0.3, 0.4) is 0 Å². The first-order chi connectivity index (χ1) is 16.9. The number of benzene rings is 2. The smallest absolute Gasteiger partial charge is 0.331 e. The fourth-order valence-electron chi connectivity index (χ4n) is 6.00. The van der Waals surface area contributed by atoms with Gasteiger partial charge in [-0.1, -0.05) is 41.5 Å². The molecule has 2 fully saturated rings. The lowest BCUT2D eigenvalue weighted by atomic mass is 9.66. The van der Waals surface area contributed by atoms with Crippen molar-refractivity contribution >= 4 is 34.6 Å². The van der Waals surface area contributed by atoms with Crippen molar-refractivity contribution in [3.05, 3.63) is 70.8 Å². The number of nitrogens with one attached hydrogen (secondary N) is 1. The number of carbonyl (C=O) groups is 3. The molecular formula is C28H28N4O3. The summed E-state index contributed by atoms with van der Waals surface area (Å²) in [5.74, 6) is -0.0301. The first kappa shape index (κ1) is 21.8. The SMILES string of the molecule is Cc1ccc(CN2C(=O)NC(=O)[C@@]3(Cc4cc5cc(C)ccc5nc4N4CCCC[C@H]43)C2=O)cc1. The zero-order chi connectivity index (χ0) is 24.3. The standard InChI is InChI=1S/C28H28N4O3/c1-17-6-9-19(10-7-17)16-32-26(34)28(25(33)30-27(32)35)15-21-14-20-13-18(2)8-11-22(20)29-24(21)31-12-4-3-5-23(28)31/h6-11,13-14,23H,3-5,12,15-16H2,1-2H3,(H,30,33,35)/t23-,28-/m0/s1. The van der Waals surface area contributed by atoms with Crippen molar-refractivity contribution in [3.63, 3.8) is 0 Å². The Hall–Kier alpha value is -3.74. The number of carbonyl (C=O) groups excluding carboxylic acids is 3. The molecule has 7 nitrogen and oxygen atoms in total. The van der Waals surface area contributed by atoms with E-state index in [-0.39, 0.29) is 19.0 Å². The summed E-state index contributed by atoms with van der Waals surface area (Å²) in [4.78, 5) is 49.0. The zero-order valence-electron chi connectivity index (χ0n) is 20.0. The third-order valence-electron chi connectivity index (χ3n) is 7.80. The van der Waals surface area contributed by atoms with Crippen molar-refractivity contribution in [1.82, 2.24) is 15.2 Å². The second-order valence-electron chi connectivity index (χ2n) is 10.2. The van der Waals surface area contributed by atoms with Crippen LogP contribution in [-0.4, -0.2) is 40.3 Å². The Morgan fingerprint density at radius 1 is 1.00 bits per heavy atom. The number of amides is 4. The maximum Gasteiger partial charge on any atom is 0.331 e. The van der Waals surface area contributed by atoms with Crippen molar-refractivity contribution in [2.24, 2.45) is 5.41 Å². The van der Waals surface area contributed by atoms with Gasteiger partial charge < -0.3 is 4.90 Å². The lowest BCUT2D eigenvalue weighted by molar-refractivity contribution is -0.154. The van der Waals surface area contributed by atoms with E-state index >= 15 is 0 Å². The molecule has 1 spiro atoms. The van der Waals surface area contributed by atoms with Crippen molar-refractivity contribution < 1.29 is 14.4 Å². The van der Waals surface area contributed by atoms with Crippen LogP contribution >= 0.6 is 0 Å². The van der Waals surface area contributed by atoms with Crippen molar-refractivity contribution in [3.8, 4) is 0 Å². The quantitative estimate of drug-likeness (QED) is 0.574. The van der Waals surface area contributed by atoms with E-state index in [2.05, 4.69) is 22.3 Å². The summed E-state index contributed by atoms with van der Waals surface area (Å²) in [5, 5.41) is 3.53. The molecule has 2 aromatic carbocycles. The van der Waals surface area contributed by atoms with Crippen LogP contribution in [-0.2, 0) is 22.6 Å². The average Bonchev–Trinajstić information content (AvgIpc) is 2.85. The minimum Gasteiger partial charge on any atom is -0.352 e. The maximum atomic E-state index is 14.2. The van der Waals surface area contributed by atoms with Gasteiger partial charge in [-0.15, -0.1) is 0 Å². The summed E-state index contributed by atoms with van der Waals surface area (Å²) >= 11 is 0. The van der Waals surface area contributed by atoms with Crippen LogP contribution in [0.25, 0.3) is 10.9 Å². The Morgan fingerprint density at radius 3 is 2.57 bits per heavy atom. The van der Waals surface area contributed by atoms with Crippen LogP contribution < -0.4 is 10.2 Å². The number of rotatable bonds is 2. The normalized spacial score (nSPS) is 23.9. The van der Waals surface area contributed by atoms with E-state index in [0.717, 1.165) is 58.4 Å². The molecule has 1 aromatic heterocycles. The molecule has 4 amide bonds. The van der Waals surface area contributed by atoms with Crippen molar-refractivity contribution in [2.75, 3.05) is 11.4 Å². The van der Waals surface area contributed by atoms with Crippen LogP contribution in [0.4, 0.5) is 10.6 Å². The Kier molecular flexibility index (Phi) is 4.91. The highest BCUT2D eigenvalue weighted by atomic mass is 16.2. The largest absolute Gasteiger partial charge is 0.352 e. The number of imide groups is 2. The number of hydrogen-bond donors (Lipinski definition) is 1. The van der Waals surface area contributed by atoms with Gasteiger partial charge in [0.2, 0.25) is 11.8 Å². The van der Waals surface area contributed by atoms with E-state index in [0.29, 0.717) is 6.42 Å². The summed E-state index contributed by atoms with van der Waals surface area (Å²) in [6.45, 7) is 4.89. The summed E-state index contributed by atoms with van der Waals surface area (Å²) in [5.41, 5.74) is 3.52. The van der Waals surface area contributed by atoms with Crippen LogP contribution in [0.15, 0.2) is 48.5 Å². The molecule has 0 radical (unpaired) electrons. The molecule has 3 aromatic rings. The van der Waals surface area contributed by atoms with Crippen LogP contribution in [0.2, 0.25) is 0 Å². The molecule has 3 aliphatic rings. The first-order valence-corrected chi connectivity index (χ1v) is 12.3. The highest BCUT2D eigenvalue weighted by Gasteiger charge is 2.62. The van der Waals surface area contributed by atoms with E-state index in [4.69, 9.17) is 4.98 Å². The Bertz CT molecular complexity index is 1380. The van der Waals surface area contributed by atoms with Gasteiger partial charge in [-0.25, -0.2) is 9.78 Å². The fraction of sp³-hybridized carbons (Fsp3) is 0.357. The number of nitrogens with zero attached hydrogens (tertiary/aromatic N) is 3. The monoisotopic (exact) mass is 468 g/mol. The highest BCUT2D eigenvalue weighted by molar-refractivity contribution is 6.20. The van der Waals surface area contributed by atoms with E-state index < -0.39 is 23.3 Å². The Morgan fingerprint density at radius 2 is 1.77 bits per heavy atom. The molecule has 178 valence electrons. The van der Waals surface area contributed by atoms with Gasteiger partial charge in [0.1, 0.15) is 5.82 Å². The van der Waals surface area contributed by atoms with E-state index in [9.17, 15) is 14.4 Å². The summed E-state index contributed by atoms with van der Waals surface area (Å²) in [6.07, 6.45) is 2.85. The summed E-state index contributed by atoms with van der Waals surface area (Å²) in [6, 6.07) is 15.0. The second-order valence-corrected chi connectivity index (χ2v) is 10.2. The first-order valence-electron chi connectivity index (χ1n) is 12.3. The molecule has 2 atom stereocenters. The predicted octanol–water partition coefficient (Wildman–Crippen LogP) is 4.03. The number of hydrogen-bond acceptors (Lipinski definition) is 5. The predicted molar refractivity (Wildman–Crippen MR) is 133 cm³/mol. The molecule has 7 heteroatoms. The lowest BCUT2D eigenvalue weighted by Crippen LogP contribution is -2.72. The van der Waals surface area contributed by atoms with Gasteiger partial charge in [0.25, 0.3) is 0 Å². The van der Waals surface area contributed by atoms with Gasteiger partial charge in [0.15, 0.2) is 5.41 Å². The van der Waals surface area contributed by atoms with Gasteiger partial charge in [-0.3, -0.25) is 19.8 Å². The summed E-state index contributed by atoms with van der Waals surface area (Å²) in [7, 11) is 0. The van der Waals surface area contributed by atoms with Crippen molar-refractivity contribution in [2.45, 2.75) is 52.1 Å². The van der Waals surface area contributed by atoms with Gasteiger partial charge in [0, 0.05) is 18.4 Å². The number of piperidine rings is 1. The Labute approximate surface area is 204 Å². The van der Waals surface area contributed by atoms with Gasteiger partial charge in [-0.05, 0) is 62.4 Å². The minimum absolute atomic E-state index is 0.134. The molecule has 6 rings (SSSR count). The fourth-order valence-corrected chi connectivity index (χ4v) is 6.00. The number of urea groups is 1. The van der Waals surface area contributed by atoms with E-state index in [1.165, 1.54) is 4.90 Å². The Balaban J connectivity index is 1.47. The number of anilines is 1. The van der Waals surface area contributed by atoms with E-state index in [1.807, 2.05) is 50.2 Å². The molecule has 0 bridgehead atoms. The molecule has 3 aliphatic heterocycles. The number of fused-ring (bicyclic) bond motifs is 5. The van der Waals surface area contributed by atoms with Crippen molar-refractivity contribution in [1.29, 1.82) is 0 Å². The molecular weight excluding hydrogens is 440 g/mol. The molecule has 4 heterocycles. The topological polar surface area (TPSA) is 82.6 Å². The average molecular weight is 469 g/mol. The van der Waals surface area contributed by atoms with Crippen LogP contribution in [0.1, 0.15) is 41.5 Å². The maximum absolute atomic E-state index is 14.2. The third kappa shape index (κ3) is 3.32. The molecule has 0 saturated carbocycles. The number of barbiturate groups is 1. The third-order valence-corrected chi connectivity index (χ3v) is 7.80.